The quantitative estimate of drug-likeness (QED) is 0.477. The van der Waals surface area contributed by atoms with E-state index in [-0.39, 0.29) is 11.8 Å². The molecule has 1 aliphatic rings. The van der Waals surface area contributed by atoms with Gasteiger partial charge < -0.3 is 15.1 Å². The van der Waals surface area contributed by atoms with Crippen LogP contribution < -0.4 is 10.2 Å². The number of nitrogens with one attached hydrogen (secondary N) is 1. The van der Waals surface area contributed by atoms with Crippen LogP contribution in [-0.2, 0) is 4.79 Å². The fourth-order valence-corrected chi connectivity index (χ4v) is 5.46. The van der Waals surface area contributed by atoms with Crippen molar-refractivity contribution in [1.29, 1.82) is 0 Å². The Bertz CT molecular complexity index is 1100. The second-order valence-electron chi connectivity index (χ2n) is 7.23. The van der Waals surface area contributed by atoms with Gasteiger partial charge in [-0.1, -0.05) is 35.2 Å². The number of aromatic nitrogens is 2. The first kappa shape index (κ1) is 22.8. The molecule has 0 aliphatic carbocycles. The van der Waals surface area contributed by atoms with Gasteiger partial charge in [-0.2, -0.15) is 0 Å². The Balaban J connectivity index is 1.27. The minimum atomic E-state index is -0.0743. The molecule has 0 atom stereocenters. The molecule has 2 aromatic carbocycles. The fourth-order valence-electron chi connectivity index (χ4n) is 3.39. The van der Waals surface area contributed by atoms with Gasteiger partial charge in [0.05, 0.1) is 11.3 Å². The summed E-state index contributed by atoms with van der Waals surface area (Å²) in [4.78, 5) is 29.1. The van der Waals surface area contributed by atoms with Gasteiger partial charge in [0, 0.05) is 42.0 Å². The normalized spacial score (nSPS) is 13.8. The van der Waals surface area contributed by atoms with E-state index in [0.717, 1.165) is 38.3 Å². The Kier molecular flexibility index (Phi) is 7.44. The molecule has 1 N–H and O–H groups in total. The summed E-state index contributed by atoms with van der Waals surface area (Å²) in [5.41, 5.74) is 2.53. The molecule has 1 fully saturated rings. The standard InChI is InChI=1S/C22H22BrN5O2S2/c1-15-25-26-22(32-15)31-14-20(29)24-16-6-8-17(9-7-16)27-10-12-28(13-11-27)21(30)18-4-2-3-5-19(18)23/h2-9H,10-14H2,1H3,(H,24,29). The van der Waals surface area contributed by atoms with Crippen LogP contribution >= 0.6 is 39.0 Å². The Morgan fingerprint density at radius 3 is 2.44 bits per heavy atom. The van der Waals surface area contributed by atoms with Gasteiger partial charge in [-0.25, -0.2) is 0 Å². The molecule has 10 heteroatoms. The SMILES string of the molecule is Cc1nnc(SCC(=O)Nc2ccc(N3CCN(C(=O)c4ccccc4Br)CC3)cc2)s1. The number of benzene rings is 2. The molecule has 1 saturated heterocycles. The number of thioether (sulfide) groups is 1. The van der Waals surface area contributed by atoms with Gasteiger partial charge >= 0.3 is 0 Å². The van der Waals surface area contributed by atoms with E-state index in [1.165, 1.54) is 23.1 Å². The number of aryl methyl sites for hydroxylation is 1. The predicted octanol–water partition coefficient (Wildman–Crippen LogP) is 4.30. The molecule has 4 rings (SSSR count). The van der Waals surface area contributed by atoms with Crippen molar-refractivity contribution in [2.75, 3.05) is 42.1 Å². The lowest BCUT2D eigenvalue weighted by Gasteiger charge is -2.36. The summed E-state index contributed by atoms with van der Waals surface area (Å²) >= 11 is 6.33. The van der Waals surface area contributed by atoms with Crippen molar-refractivity contribution in [3.05, 3.63) is 63.6 Å². The van der Waals surface area contributed by atoms with Crippen LogP contribution in [0.15, 0.2) is 57.3 Å². The van der Waals surface area contributed by atoms with E-state index in [2.05, 4.69) is 36.3 Å². The van der Waals surface area contributed by atoms with E-state index < -0.39 is 0 Å². The molecule has 1 aliphatic heterocycles. The Hall–Kier alpha value is -2.43. The highest BCUT2D eigenvalue weighted by atomic mass is 79.9. The third-order valence-corrected chi connectivity index (χ3v) is 7.69. The minimum Gasteiger partial charge on any atom is -0.368 e. The van der Waals surface area contributed by atoms with Crippen molar-refractivity contribution in [3.8, 4) is 0 Å². The first-order valence-corrected chi connectivity index (χ1v) is 12.7. The van der Waals surface area contributed by atoms with Crippen molar-refractivity contribution >= 4 is 62.2 Å². The summed E-state index contributed by atoms with van der Waals surface area (Å²) in [5, 5.41) is 11.8. The van der Waals surface area contributed by atoms with E-state index in [1.807, 2.05) is 60.4 Å². The van der Waals surface area contributed by atoms with E-state index in [9.17, 15) is 9.59 Å². The van der Waals surface area contributed by atoms with Crippen molar-refractivity contribution in [2.24, 2.45) is 0 Å². The Morgan fingerprint density at radius 1 is 1.06 bits per heavy atom. The van der Waals surface area contributed by atoms with Crippen LogP contribution in [0, 0.1) is 6.92 Å². The van der Waals surface area contributed by atoms with Gasteiger partial charge in [0.25, 0.3) is 5.91 Å². The highest BCUT2D eigenvalue weighted by molar-refractivity contribution is 9.10. The number of rotatable bonds is 6. The van der Waals surface area contributed by atoms with E-state index in [1.54, 1.807) is 0 Å². The molecule has 2 amide bonds. The molecule has 7 nitrogen and oxygen atoms in total. The first-order chi connectivity index (χ1) is 15.5. The van der Waals surface area contributed by atoms with Crippen LogP contribution in [-0.4, -0.2) is 58.8 Å². The number of carbonyl (C=O) groups excluding carboxylic acids is 2. The van der Waals surface area contributed by atoms with Gasteiger partial charge in [0.1, 0.15) is 5.01 Å². The molecule has 3 aromatic rings. The smallest absolute Gasteiger partial charge is 0.255 e. The van der Waals surface area contributed by atoms with Gasteiger partial charge in [0.2, 0.25) is 5.91 Å². The molecular formula is C22H22BrN5O2S2. The van der Waals surface area contributed by atoms with Crippen LogP contribution in [0.4, 0.5) is 11.4 Å². The van der Waals surface area contributed by atoms with Crippen LogP contribution in [0.5, 0.6) is 0 Å². The van der Waals surface area contributed by atoms with E-state index in [4.69, 9.17) is 0 Å². The maximum atomic E-state index is 12.8. The second kappa shape index (κ2) is 10.5. The highest BCUT2D eigenvalue weighted by Gasteiger charge is 2.23. The number of nitrogens with zero attached hydrogens (tertiary/aromatic N) is 4. The molecule has 0 bridgehead atoms. The number of halogens is 1. The third-order valence-electron chi connectivity index (χ3n) is 5.02. The molecule has 32 heavy (non-hydrogen) atoms. The zero-order valence-electron chi connectivity index (χ0n) is 17.5. The number of hydrogen-bond donors (Lipinski definition) is 1. The molecule has 0 unspecified atom stereocenters. The van der Waals surface area contributed by atoms with Crippen molar-refractivity contribution in [1.82, 2.24) is 15.1 Å². The van der Waals surface area contributed by atoms with Crippen molar-refractivity contribution in [2.45, 2.75) is 11.3 Å². The van der Waals surface area contributed by atoms with E-state index >= 15 is 0 Å². The van der Waals surface area contributed by atoms with Gasteiger partial charge in [-0.3, -0.25) is 9.59 Å². The Morgan fingerprint density at radius 2 is 1.78 bits per heavy atom. The number of carbonyl (C=O) groups is 2. The third kappa shape index (κ3) is 5.67. The molecule has 0 spiro atoms. The van der Waals surface area contributed by atoms with Crippen LogP contribution in [0.25, 0.3) is 0 Å². The summed E-state index contributed by atoms with van der Waals surface area (Å²) in [6.45, 7) is 4.75. The maximum absolute atomic E-state index is 12.8. The predicted molar refractivity (Wildman–Crippen MR) is 133 cm³/mol. The number of piperazine rings is 1. The monoisotopic (exact) mass is 531 g/mol. The van der Waals surface area contributed by atoms with Gasteiger partial charge in [-0.15, -0.1) is 10.2 Å². The number of anilines is 2. The number of hydrogen-bond acceptors (Lipinski definition) is 7. The van der Waals surface area contributed by atoms with Crippen LogP contribution in [0.3, 0.4) is 0 Å². The minimum absolute atomic E-state index is 0.0525. The van der Waals surface area contributed by atoms with E-state index in [0.29, 0.717) is 24.4 Å². The summed E-state index contributed by atoms with van der Waals surface area (Å²) < 4.78 is 1.62. The lowest BCUT2D eigenvalue weighted by molar-refractivity contribution is -0.113. The summed E-state index contributed by atoms with van der Waals surface area (Å²) in [5.74, 6) is 0.274. The lowest BCUT2D eigenvalue weighted by atomic mass is 10.1. The molecule has 2 heterocycles. The zero-order chi connectivity index (χ0) is 22.5. The Labute approximate surface area is 203 Å². The average Bonchev–Trinajstić information content (AvgIpc) is 3.23. The molecule has 0 radical (unpaired) electrons. The summed E-state index contributed by atoms with van der Waals surface area (Å²) in [6, 6.07) is 15.3. The molecule has 1 aromatic heterocycles. The average molecular weight is 532 g/mol. The lowest BCUT2D eigenvalue weighted by Crippen LogP contribution is -2.48. The van der Waals surface area contributed by atoms with Crippen LogP contribution in [0.2, 0.25) is 0 Å². The second-order valence-corrected chi connectivity index (χ2v) is 10.5. The molecule has 166 valence electrons. The van der Waals surface area contributed by atoms with Crippen LogP contribution in [0.1, 0.15) is 15.4 Å². The van der Waals surface area contributed by atoms with Crippen molar-refractivity contribution < 1.29 is 9.59 Å². The molecular weight excluding hydrogens is 510 g/mol. The zero-order valence-corrected chi connectivity index (χ0v) is 20.7. The topological polar surface area (TPSA) is 78.4 Å². The fraction of sp³-hybridized carbons (Fsp3) is 0.273. The van der Waals surface area contributed by atoms with Gasteiger partial charge in [0.15, 0.2) is 4.34 Å². The van der Waals surface area contributed by atoms with Crippen molar-refractivity contribution in [3.63, 3.8) is 0 Å². The number of amides is 2. The summed E-state index contributed by atoms with van der Waals surface area (Å²) in [6.07, 6.45) is 0. The maximum Gasteiger partial charge on any atom is 0.255 e. The van der Waals surface area contributed by atoms with Gasteiger partial charge in [-0.05, 0) is 59.3 Å². The highest BCUT2D eigenvalue weighted by Crippen LogP contribution is 2.24. The first-order valence-electron chi connectivity index (χ1n) is 10.1. The molecule has 0 saturated carbocycles. The summed E-state index contributed by atoms with van der Waals surface area (Å²) in [7, 11) is 0. The largest absolute Gasteiger partial charge is 0.368 e.